The summed E-state index contributed by atoms with van der Waals surface area (Å²) in [6.45, 7) is 2.35. The Balaban J connectivity index is 1.50. The molecule has 1 aromatic carbocycles. The van der Waals surface area contributed by atoms with Crippen LogP contribution in [0.2, 0.25) is 0 Å². The lowest BCUT2D eigenvalue weighted by Gasteiger charge is -2.34. The van der Waals surface area contributed by atoms with Gasteiger partial charge in [-0.25, -0.2) is 4.39 Å². The summed E-state index contributed by atoms with van der Waals surface area (Å²) < 4.78 is 24.3. The van der Waals surface area contributed by atoms with Gasteiger partial charge in [0.05, 0.1) is 26.2 Å². The first kappa shape index (κ1) is 18.1. The first-order valence-electron chi connectivity index (χ1n) is 8.67. The molecule has 0 unspecified atom stereocenters. The zero-order valence-electron chi connectivity index (χ0n) is 14.4. The Kier molecular flexibility index (Phi) is 5.88. The maximum absolute atomic E-state index is 13.7. The van der Waals surface area contributed by atoms with Gasteiger partial charge in [0.25, 0.3) is 0 Å². The molecule has 1 amide bonds. The second-order valence-electron chi connectivity index (χ2n) is 6.72. The number of hydrogen-bond acceptors (Lipinski definition) is 5. The van der Waals surface area contributed by atoms with Gasteiger partial charge in [0.15, 0.2) is 11.6 Å². The topological polar surface area (TPSA) is 71.0 Å². The molecule has 2 N–H and O–H groups in total. The van der Waals surface area contributed by atoms with E-state index in [1.165, 1.54) is 19.2 Å². The maximum atomic E-state index is 13.7. The van der Waals surface area contributed by atoms with Crippen molar-refractivity contribution in [2.24, 2.45) is 0 Å². The predicted octanol–water partition coefficient (Wildman–Crippen LogP) is 0.717. The van der Waals surface area contributed by atoms with Crippen molar-refractivity contribution in [3.8, 4) is 5.75 Å². The number of amides is 1. The summed E-state index contributed by atoms with van der Waals surface area (Å²) >= 11 is 0. The van der Waals surface area contributed by atoms with Crippen molar-refractivity contribution in [3.05, 3.63) is 29.6 Å². The molecule has 2 saturated heterocycles. The summed E-state index contributed by atoms with van der Waals surface area (Å²) in [5, 5.41) is 12.1. The van der Waals surface area contributed by atoms with Crippen LogP contribution in [0.3, 0.4) is 0 Å². The number of benzene rings is 1. The van der Waals surface area contributed by atoms with Gasteiger partial charge in [0.1, 0.15) is 0 Å². The Labute approximate surface area is 146 Å². The molecule has 0 aliphatic carbocycles. The van der Waals surface area contributed by atoms with Gasteiger partial charge in [0.2, 0.25) is 5.91 Å². The van der Waals surface area contributed by atoms with Crippen LogP contribution in [0.25, 0.3) is 0 Å². The van der Waals surface area contributed by atoms with Crippen molar-refractivity contribution in [2.75, 3.05) is 33.4 Å². The van der Waals surface area contributed by atoms with Crippen LogP contribution in [-0.4, -0.2) is 67.5 Å². The molecular weight excluding hydrogens is 327 g/mol. The smallest absolute Gasteiger partial charge is 0.224 e. The van der Waals surface area contributed by atoms with E-state index in [4.69, 9.17) is 14.6 Å². The lowest BCUT2D eigenvalue weighted by atomic mass is 10.1. The van der Waals surface area contributed by atoms with Crippen LogP contribution >= 0.6 is 0 Å². The van der Waals surface area contributed by atoms with Gasteiger partial charge in [-0.1, -0.05) is 6.07 Å². The van der Waals surface area contributed by atoms with Crippen LogP contribution in [0.15, 0.2) is 18.2 Å². The second kappa shape index (κ2) is 8.12. The molecule has 0 radical (unpaired) electrons. The van der Waals surface area contributed by atoms with Gasteiger partial charge in [-0.3, -0.25) is 9.69 Å². The summed E-state index contributed by atoms with van der Waals surface area (Å²) in [7, 11) is 1.41. The number of rotatable bonds is 6. The number of morpholine rings is 1. The zero-order valence-corrected chi connectivity index (χ0v) is 14.4. The number of carbonyl (C=O) groups is 1. The average Bonchev–Trinajstić information content (AvgIpc) is 2.96. The molecule has 1 aromatic rings. The van der Waals surface area contributed by atoms with E-state index in [1.807, 2.05) is 0 Å². The standard InChI is InChI=1S/C18H25FN2O4/c1-24-17-3-2-12(6-16(17)19)7-18(23)20-13-8-14-11-25-15(4-5-22)10-21(14)9-13/h2-3,6,13-15,22H,4-5,7-11H2,1H3,(H,20,23)/t13-,14-,15-/m0/s1. The number of ether oxygens (including phenoxy) is 2. The summed E-state index contributed by atoms with van der Waals surface area (Å²) in [6, 6.07) is 4.97. The Morgan fingerprint density at radius 2 is 2.32 bits per heavy atom. The van der Waals surface area contributed by atoms with Gasteiger partial charge in [-0.15, -0.1) is 0 Å². The highest BCUT2D eigenvalue weighted by atomic mass is 19.1. The third-order valence-corrected chi connectivity index (χ3v) is 4.89. The van der Waals surface area contributed by atoms with Crippen LogP contribution in [0, 0.1) is 5.82 Å². The molecule has 2 aliphatic rings. The first-order chi connectivity index (χ1) is 12.1. The molecule has 138 valence electrons. The monoisotopic (exact) mass is 352 g/mol. The number of nitrogens with one attached hydrogen (secondary N) is 1. The molecule has 7 heteroatoms. The van der Waals surface area contributed by atoms with E-state index in [-0.39, 0.29) is 36.8 Å². The number of fused-ring (bicyclic) bond motifs is 1. The van der Waals surface area contributed by atoms with E-state index in [0.717, 1.165) is 19.5 Å². The van der Waals surface area contributed by atoms with Crippen molar-refractivity contribution >= 4 is 5.91 Å². The van der Waals surface area contributed by atoms with Gasteiger partial charge in [0, 0.05) is 31.8 Å². The van der Waals surface area contributed by atoms with Crippen molar-refractivity contribution in [1.29, 1.82) is 0 Å². The van der Waals surface area contributed by atoms with E-state index >= 15 is 0 Å². The summed E-state index contributed by atoms with van der Waals surface area (Å²) in [5.41, 5.74) is 0.623. The van der Waals surface area contributed by atoms with Crippen LogP contribution < -0.4 is 10.1 Å². The number of nitrogens with zero attached hydrogens (tertiary/aromatic N) is 1. The Bertz CT molecular complexity index is 613. The highest BCUT2D eigenvalue weighted by Crippen LogP contribution is 2.24. The van der Waals surface area contributed by atoms with Gasteiger partial charge >= 0.3 is 0 Å². The quantitative estimate of drug-likeness (QED) is 0.789. The molecule has 6 nitrogen and oxygen atoms in total. The van der Waals surface area contributed by atoms with E-state index in [2.05, 4.69) is 10.2 Å². The SMILES string of the molecule is COc1ccc(CC(=O)N[C@H]2C[C@H]3CO[C@@H](CCO)CN3C2)cc1F. The highest BCUT2D eigenvalue weighted by molar-refractivity contribution is 5.79. The van der Waals surface area contributed by atoms with Crippen molar-refractivity contribution in [1.82, 2.24) is 10.2 Å². The fourth-order valence-corrected chi connectivity index (χ4v) is 3.65. The molecular formula is C18H25FN2O4. The molecule has 3 atom stereocenters. The van der Waals surface area contributed by atoms with E-state index in [0.29, 0.717) is 24.6 Å². The average molecular weight is 352 g/mol. The minimum Gasteiger partial charge on any atom is -0.494 e. The third-order valence-electron chi connectivity index (χ3n) is 4.89. The maximum Gasteiger partial charge on any atom is 0.224 e. The van der Waals surface area contributed by atoms with Gasteiger partial charge in [-0.2, -0.15) is 0 Å². The van der Waals surface area contributed by atoms with Crippen molar-refractivity contribution in [3.63, 3.8) is 0 Å². The third kappa shape index (κ3) is 4.48. The zero-order chi connectivity index (χ0) is 17.8. The van der Waals surface area contributed by atoms with E-state index < -0.39 is 5.82 Å². The summed E-state index contributed by atoms with van der Waals surface area (Å²) in [5.74, 6) is -0.394. The molecule has 0 aromatic heterocycles. The fraction of sp³-hybridized carbons (Fsp3) is 0.611. The Hall–Kier alpha value is -1.70. The molecule has 0 saturated carbocycles. The van der Waals surface area contributed by atoms with Crippen LogP contribution in [0.5, 0.6) is 5.75 Å². The number of halogens is 1. The second-order valence-corrected chi connectivity index (χ2v) is 6.72. The van der Waals surface area contributed by atoms with Crippen molar-refractivity contribution < 1.29 is 23.8 Å². The molecule has 25 heavy (non-hydrogen) atoms. The first-order valence-corrected chi connectivity index (χ1v) is 8.67. The highest BCUT2D eigenvalue weighted by Gasteiger charge is 2.37. The van der Waals surface area contributed by atoms with E-state index in [9.17, 15) is 9.18 Å². The molecule has 0 spiro atoms. The normalized spacial score (nSPS) is 26.3. The van der Waals surface area contributed by atoms with Crippen LogP contribution in [-0.2, 0) is 16.0 Å². The molecule has 3 rings (SSSR count). The van der Waals surface area contributed by atoms with Gasteiger partial charge in [-0.05, 0) is 30.5 Å². The molecule has 2 heterocycles. The minimum absolute atomic E-state index is 0.0676. The van der Waals surface area contributed by atoms with Crippen molar-refractivity contribution in [2.45, 2.75) is 37.5 Å². The van der Waals surface area contributed by atoms with Crippen LogP contribution in [0.4, 0.5) is 4.39 Å². The fourth-order valence-electron chi connectivity index (χ4n) is 3.65. The van der Waals surface area contributed by atoms with Crippen LogP contribution in [0.1, 0.15) is 18.4 Å². The molecule has 0 bridgehead atoms. The van der Waals surface area contributed by atoms with Gasteiger partial charge < -0.3 is 19.9 Å². The number of methoxy groups -OCH3 is 1. The number of hydrogen-bond donors (Lipinski definition) is 2. The summed E-state index contributed by atoms with van der Waals surface area (Å²) in [4.78, 5) is 14.6. The number of aliphatic hydroxyl groups is 1. The molecule has 2 fully saturated rings. The molecule has 2 aliphatic heterocycles. The number of carbonyl (C=O) groups excluding carboxylic acids is 1. The number of aliphatic hydroxyl groups excluding tert-OH is 1. The Morgan fingerprint density at radius 1 is 1.48 bits per heavy atom. The summed E-state index contributed by atoms with van der Waals surface area (Å²) in [6.07, 6.45) is 1.71. The van der Waals surface area contributed by atoms with E-state index in [1.54, 1.807) is 6.07 Å². The lowest BCUT2D eigenvalue weighted by Crippen LogP contribution is -2.46. The minimum atomic E-state index is -0.460. The Morgan fingerprint density at radius 3 is 3.04 bits per heavy atom. The largest absolute Gasteiger partial charge is 0.494 e. The predicted molar refractivity (Wildman–Crippen MR) is 90.0 cm³/mol. The lowest BCUT2D eigenvalue weighted by molar-refractivity contribution is -0.121.